The van der Waals surface area contributed by atoms with Gasteiger partial charge >= 0.3 is 6.03 Å². The fourth-order valence-electron chi connectivity index (χ4n) is 5.64. The molecule has 7 nitrogen and oxygen atoms in total. The molecule has 3 saturated heterocycles. The predicted molar refractivity (Wildman–Crippen MR) is 135 cm³/mol. The molecule has 3 heterocycles. The number of methoxy groups -OCH3 is 1. The smallest absolute Gasteiger partial charge is 0.321 e. The number of anilines is 1. The molecule has 5 rings (SSSR count). The van der Waals surface area contributed by atoms with E-state index in [-0.39, 0.29) is 24.3 Å². The summed E-state index contributed by atoms with van der Waals surface area (Å²) in [5.41, 5.74) is 2.07. The average molecular weight is 530 g/mol. The third-order valence-electron chi connectivity index (χ3n) is 7.34. The number of urea groups is 1. The fourth-order valence-corrected chi connectivity index (χ4v) is 5.91. The second-order valence-electron chi connectivity index (χ2n) is 9.20. The molecular weight excluding hydrogens is 498 g/mol. The third kappa shape index (κ3) is 4.69. The molecule has 3 aliphatic rings. The molecule has 8 heteroatoms. The minimum atomic E-state index is -0.124. The number of ether oxygens (including phenoxy) is 3. The zero-order chi connectivity index (χ0) is 23.7. The van der Waals surface area contributed by atoms with Gasteiger partial charge in [0.05, 0.1) is 33.0 Å². The van der Waals surface area contributed by atoms with Crippen molar-refractivity contribution in [2.45, 2.75) is 43.6 Å². The molecule has 0 saturated carbocycles. The highest BCUT2D eigenvalue weighted by Crippen LogP contribution is 2.44. The summed E-state index contributed by atoms with van der Waals surface area (Å²) < 4.78 is 18.5. The Labute approximate surface area is 209 Å². The lowest BCUT2D eigenvalue weighted by Gasteiger charge is -2.59. The number of halogens is 1. The largest absolute Gasteiger partial charge is 0.497 e. The van der Waals surface area contributed by atoms with Crippen LogP contribution in [0.4, 0.5) is 10.5 Å². The van der Waals surface area contributed by atoms with Crippen molar-refractivity contribution in [3.63, 3.8) is 0 Å². The molecule has 2 aromatic rings. The third-order valence-corrected chi connectivity index (χ3v) is 7.87. The lowest BCUT2D eigenvalue weighted by Crippen LogP contribution is -2.70. The number of carbonyl (C=O) groups excluding carboxylic acids is 1. The van der Waals surface area contributed by atoms with Crippen LogP contribution < -0.4 is 10.1 Å². The SMILES string of the molecule is CC[C@@H]1[C@H](c2ccc(Br)cc2)[C@@H]2CN(C(=O)Nc3ccc(OC)cc3)C[C@H]3OCCO[C@H]3CN12. The van der Waals surface area contributed by atoms with Gasteiger partial charge in [-0.05, 0) is 48.4 Å². The van der Waals surface area contributed by atoms with Gasteiger partial charge < -0.3 is 24.4 Å². The number of amides is 2. The topological polar surface area (TPSA) is 63.3 Å². The molecule has 0 aliphatic carbocycles. The maximum absolute atomic E-state index is 13.4. The van der Waals surface area contributed by atoms with Crippen LogP contribution in [0, 0.1) is 0 Å². The van der Waals surface area contributed by atoms with Gasteiger partial charge in [-0.15, -0.1) is 0 Å². The Balaban J connectivity index is 1.40. The van der Waals surface area contributed by atoms with Crippen LogP contribution in [0.2, 0.25) is 0 Å². The first-order chi connectivity index (χ1) is 16.6. The Morgan fingerprint density at radius 2 is 1.71 bits per heavy atom. The molecule has 3 fully saturated rings. The Morgan fingerprint density at radius 3 is 2.35 bits per heavy atom. The van der Waals surface area contributed by atoms with Crippen LogP contribution in [0.25, 0.3) is 0 Å². The van der Waals surface area contributed by atoms with E-state index in [0.717, 1.165) is 28.9 Å². The molecule has 2 amide bonds. The summed E-state index contributed by atoms with van der Waals surface area (Å²) in [6.45, 7) is 5.42. The van der Waals surface area contributed by atoms with Gasteiger partial charge in [-0.2, -0.15) is 0 Å². The highest BCUT2D eigenvalue weighted by atomic mass is 79.9. The minimum absolute atomic E-state index is 0.0345. The van der Waals surface area contributed by atoms with E-state index >= 15 is 0 Å². The standard InChI is InChI=1S/C26H32BrN3O4/c1-3-21-25(17-4-6-18(27)7-5-17)22-14-29(15-23-24(16-30(21)22)34-13-12-33-23)26(31)28-19-8-10-20(32-2)11-9-19/h4-11,21-25H,3,12-16H2,1-2H3,(H,28,31)/t21-,22+,23-,24+,25+/m1/s1. The second-order valence-corrected chi connectivity index (χ2v) is 10.1. The van der Waals surface area contributed by atoms with E-state index in [4.69, 9.17) is 14.2 Å². The van der Waals surface area contributed by atoms with Gasteiger partial charge in [-0.1, -0.05) is 35.0 Å². The molecular formula is C26H32BrN3O4. The van der Waals surface area contributed by atoms with Gasteiger partial charge in [0.1, 0.15) is 11.9 Å². The van der Waals surface area contributed by atoms with Crippen molar-refractivity contribution in [1.29, 1.82) is 0 Å². The summed E-state index contributed by atoms with van der Waals surface area (Å²) in [6, 6.07) is 16.6. The Kier molecular flexibility index (Phi) is 7.11. The Hall–Kier alpha value is -2.13. The van der Waals surface area contributed by atoms with Crippen LogP contribution in [0.1, 0.15) is 24.8 Å². The zero-order valence-corrected chi connectivity index (χ0v) is 21.2. The van der Waals surface area contributed by atoms with Gasteiger partial charge in [0, 0.05) is 41.3 Å². The minimum Gasteiger partial charge on any atom is -0.497 e. The summed E-state index contributed by atoms with van der Waals surface area (Å²) >= 11 is 3.56. The Morgan fingerprint density at radius 1 is 1.03 bits per heavy atom. The van der Waals surface area contributed by atoms with Gasteiger partial charge in [-0.25, -0.2) is 4.79 Å². The van der Waals surface area contributed by atoms with E-state index in [1.165, 1.54) is 5.56 Å². The number of nitrogens with one attached hydrogen (secondary N) is 1. The number of rotatable bonds is 4. The van der Waals surface area contributed by atoms with Crippen molar-refractivity contribution in [1.82, 2.24) is 9.80 Å². The van der Waals surface area contributed by atoms with Gasteiger partial charge in [0.15, 0.2) is 0 Å². The monoisotopic (exact) mass is 529 g/mol. The molecule has 0 spiro atoms. The first-order valence-electron chi connectivity index (χ1n) is 12.0. The highest BCUT2D eigenvalue weighted by molar-refractivity contribution is 9.10. The van der Waals surface area contributed by atoms with Gasteiger partial charge in [0.25, 0.3) is 0 Å². The first kappa shape index (κ1) is 23.6. The molecule has 0 radical (unpaired) electrons. The summed E-state index contributed by atoms with van der Waals surface area (Å²) in [5.74, 6) is 1.13. The van der Waals surface area contributed by atoms with Crippen molar-refractivity contribution in [2.75, 3.05) is 45.3 Å². The van der Waals surface area contributed by atoms with E-state index in [9.17, 15) is 4.79 Å². The molecule has 3 aliphatic heterocycles. The van der Waals surface area contributed by atoms with Crippen molar-refractivity contribution in [3.05, 3.63) is 58.6 Å². The van der Waals surface area contributed by atoms with Crippen LogP contribution in [0.5, 0.6) is 5.75 Å². The van der Waals surface area contributed by atoms with Crippen LogP contribution >= 0.6 is 15.9 Å². The summed E-state index contributed by atoms with van der Waals surface area (Å²) in [4.78, 5) is 17.9. The zero-order valence-electron chi connectivity index (χ0n) is 19.7. The first-order valence-corrected chi connectivity index (χ1v) is 12.8. The van der Waals surface area contributed by atoms with Crippen LogP contribution in [0.3, 0.4) is 0 Å². The molecule has 2 aromatic carbocycles. The molecule has 182 valence electrons. The molecule has 1 N–H and O–H groups in total. The number of carbonyl (C=O) groups is 1. The number of nitrogens with zero attached hydrogens (tertiary/aromatic N) is 2. The van der Waals surface area contributed by atoms with Gasteiger partial charge in [-0.3, -0.25) is 4.90 Å². The quantitative estimate of drug-likeness (QED) is 0.638. The van der Waals surface area contributed by atoms with Gasteiger partial charge in [0.2, 0.25) is 0 Å². The fraction of sp³-hybridized carbons (Fsp3) is 0.500. The van der Waals surface area contributed by atoms with E-state index in [0.29, 0.717) is 38.3 Å². The lowest BCUT2D eigenvalue weighted by molar-refractivity contribution is -0.179. The maximum atomic E-state index is 13.4. The maximum Gasteiger partial charge on any atom is 0.321 e. The predicted octanol–water partition coefficient (Wildman–Crippen LogP) is 4.34. The number of fused-ring (bicyclic) bond motifs is 2. The molecule has 0 unspecified atom stereocenters. The molecule has 34 heavy (non-hydrogen) atoms. The number of benzene rings is 2. The summed E-state index contributed by atoms with van der Waals surface area (Å²) in [5, 5.41) is 3.06. The average Bonchev–Trinajstić information content (AvgIpc) is 2.84. The van der Waals surface area contributed by atoms with E-state index in [1.807, 2.05) is 29.2 Å². The van der Waals surface area contributed by atoms with Crippen molar-refractivity contribution in [3.8, 4) is 5.75 Å². The van der Waals surface area contributed by atoms with E-state index in [1.54, 1.807) is 7.11 Å². The van der Waals surface area contributed by atoms with Crippen LogP contribution in [-0.4, -0.2) is 80.1 Å². The summed E-state index contributed by atoms with van der Waals surface area (Å²) in [6.07, 6.45) is 0.890. The van der Waals surface area contributed by atoms with Crippen molar-refractivity contribution < 1.29 is 19.0 Å². The van der Waals surface area contributed by atoms with Crippen molar-refractivity contribution >= 4 is 27.6 Å². The number of hydrogen-bond acceptors (Lipinski definition) is 5. The van der Waals surface area contributed by atoms with Crippen LogP contribution in [-0.2, 0) is 9.47 Å². The lowest BCUT2D eigenvalue weighted by atomic mass is 9.73. The normalized spacial score (nSPS) is 29.1. The highest BCUT2D eigenvalue weighted by Gasteiger charge is 2.52. The van der Waals surface area contributed by atoms with Crippen LogP contribution in [0.15, 0.2) is 53.0 Å². The second kappa shape index (κ2) is 10.2. The number of hydrogen-bond donors (Lipinski definition) is 1. The van der Waals surface area contributed by atoms with Crippen molar-refractivity contribution in [2.24, 2.45) is 0 Å². The Bertz CT molecular complexity index is 987. The summed E-state index contributed by atoms with van der Waals surface area (Å²) in [7, 11) is 1.63. The molecule has 0 aromatic heterocycles. The molecule has 5 atom stereocenters. The van der Waals surface area contributed by atoms with E-state index in [2.05, 4.69) is 57.3 Å². The molecule has 0 bridgehead atoms. The van der Waals surface area contributed by atoms with E-state index < -0.39 is 0 Å².